The topological polar surface area (TPSA) is 137 Å². The highest BCUT2D eigenvalue weighted by molar-refractivity contribution is 6.37. The second kappa shape index (κ2) is 8.84. The Morgan fingerprint density at radius 1 is 0.971 bits per heavy atom. The molecule has 0 aromatic heterocycles. The van der Waals surface area contributed by atoms with Gasteiger partial charge in [-0.1, -0.05) is 48.5 Å². The average molecular weight is 457 g/mol. The first-order valence-corrected chi connectivity index (χ1v) is 10.5. The molecule has 0 fully saturated rings. The van der Waals surface area contributed by atoms with E-state index >= 15 is 0 Å². The fourth-order valence-electron chi connectivity index (χ4n) is 3.74. The van der Waals surface area contributed by atoms with Gasteiger partial charge in [0.05, 0.1) is 29.6 Å². The van der Waals surface area contributed by atoms with Crippen LogP contribution in [0.3, 0.4) is 0 Å². The number of amides is 2. The largest absolute Gasteiger partial charge is 0.465 e. The van der Waals surface area contributed by atoms with Crippen molar-refractivity contribution in [3.8, 4) is 0 Å². The number of primary amides is 1. The van der Waals surface area contributed by atoms with E-state index in [1.165, 1.54) is 7.11 Å². The van der Waals surface area contributed by atoms with Crippen molar-refractivity contribution in [2.24, 2.45) is 11.5 Å². The second-order valence-electron chi connectivity index (χ2n) is 8.09. The molecular weight excluding hydrogens is 432 g/mol. The molecule has 8 nitrogen and oxygen atoms in total. The van der Waals surface area contributed by atoms with Crippen molar-refractivity contribution in [3.05, 3.63) is 95.1 Å². The second-order valence-corrected chi connectivity index (χ2v) is 8.09. The number of fused-ring (bicyclic) bond motifs is 1. The molecule has 1 unspecified atom stereocenters. The maximum atomic E-state index is 13.1. The molecule has 8 heteroatoms. The Bertz CT molecular complexity index is 1310. The van der Waals surface area contributed by atoms with Crippen LogP contribution >= 0.6 is 0 Å². The van der Waals surface area contributed by atoms with Crippen molar-refractivity contribution in [2.75, 3.05) is 17.7 Å². The first-order valence-electron chi connectivity index (χ1n) is 10.5. The molecule has 0 aliphatic carbocycles. The van der Waals surface area contributed by atoms with Crippen molar-refractivity contribution < 1.29 is 19.1 Å². The summed E-state index contributed by atoms with van der Waals surface area (Å²) in [5, 5.41) is 6.17. The summed E-state index contributed by atoms with van der Waals surface area (Å²) in [5.41, 5.74) is 14.7. The van der Waals surface area contributed by atoms with E-state index in [2.05, 4.69) is 10.6 Å². The lowest BCUT2D eigenvalue weighted by atomic mass is 9.92. The minimum atomic E-state index is -1.30. The van der Waals surface area contributed by atoms with Crippen LogP contribution in [0, 0.1) is 0 Å². The van der Waals surface area contributed by atoms with Crippen LogP contribution in [-0.4, -0.2) is 24.9 Å². The van der Waals surface area contributed by atoms with Crippen molar-refractivity contribution in [3.63, 3.8) is 0 Å². The van der Waals surface area contributed by atoms with E-state index in [-0.39, 0.29) is 5.91 Å². The van der Waals surface area contributed by atoms with Crippen LogP contribution in [0.5, 0.6) is 0 Å². The fourth-order valence-corrected chi connectivity index (χ4v) is 3.74. The molecule has 0 spiro atoms. The number of benzene rings is 3. The van der Waals surface area contributed by atoms with Crippen molar-refractivity contribution in [1.29, 1.82) is 0 Å². The first-order chi connectivity index (χ1) is 16.2. The Morgan fingerprint density at radius 3 is 2.26 bits per heavy atom. The minimum absolute atomic E-state index is 0.303. The van der Waals surface area contributed by atoms with E-state index in [4.69, 9.17) is 16.2 Å². The smallest absolute Gasteiger partial charge is 0.337 e. The van der Waals surface area contributed by atoms with Crippen molar-refractivity contribution in [2.45, 2.75) is 12.5 Å². The summed E-state index contributed by atoms with van der Waals surface area (Å²) in [7, 11) is 1.30. The van der Waals surface area contributed by atoms with E-state index in [0.29, 0.717) is 39.3 Å². The predicted molar refractivity (Wildman–Crippen MR) is 130 cm³/mol. The molecule has 0 saturated carbocycles. The van der Waals surface area contributed by atoms with Gasteiger partial charge in [0, 0.05) is 11.3 Å². The lowest BCUT2D eigenvalue weighted by Crippen LogP contribution is -2.46. The van der Waals surface area contributed by atoms with Crippen LogP contribution in [0.2, 0.25) is 0 Å². The van der Waals surface area contributed by atoms with Crippen LogP contribution in [-0.2, 0) is 19.9 Å². The molecule has 3 aromatic carbocycles. The highest BCUT2D eigenvalue weighted by Gasteiger charge is 2.30. The number of nitrogens with one attached hydrogen (secondary N) is 2. The average Bonchev–Trinajstić information content (AvgIpc) is 3.17. The zero-order valence-corrected chi connectivity index (χ0v) is 18.7. The van der Waals surface area contributed by atoms with Gasteiger partial charge in [0.25, 0.3) is 5.91 Å². The molecule has 0 saturated heterocycles. The lowest BCUT2D eigenvalue weighted by molar-refractivity contribution is -0.122. The molecule has 34 heavy (non-hydrogen) atoms. The van der Waals surface area contributed by atoms with E-state index in [9.17, 15) is 14.4 Å². The molecule has 1 atom stereocenters. The molecule has 1 aliphatic heterocycles. The molecular formula is C26H24N4O4. The number of esters is 1. The van der Waals surface area contributed by atoms with Crippen LogP contribution in [0.25, 0.3) is 11.3 Å². The number of ether oxygens (including phenoxy) is 1. The molecule has 0 bridgehead atoms. The summed E-state index contributed by atoms with van der Waals surface area (Å²) in [6.07, 6.45) is 0. The van der Waals surface area contributed by atoms with E-state index in [1.807, 2.05) is 30.3 Å². The Balaban J connectivity index is 1.79. The molecule has 1 aliphatic rings. The number of hydrogen-bond donors (Lipinski definition) is 4. The van der Waals surface area contributed by atoms with E-state index in [1.54, 1.807) is 49.4 Å². The quantitative estimate of drug-likeness (QED) is 0.332. The van der Waals surface area contributed by atoms with Crippen LogP contribution in [0.4, 0.5) is 11.4 Å². The summed E-state index contributed by atoms with van der Waals surface area (Å²) < 4.78 is 4.78. The highest BCUT2D eigenvalue weighted by Crippen LogP contribution is 2.38. The van der Waals surface area contributed by atoms with Crippen LogP contribution < -0.4 is 22.1 Å². The van der Waals surface area contributed by atoms with Crippen molar-refractivity contribution in [1.82, 2.24) is 0 Å². The van der Waals surface area contributed by atoms with Gasteiger partial charge in [-0.2, -0.15) is 0 Å². The van der Waals surface area contributed by atoms with Gasteiger partial charge >= 0.3 is 5.97 Å². The van der Waals surface area contributed by atoms with Gasteiger partial charge < -0.3 is 26.8 Å². The number of nitrogens with two attached hydrogens (primary N) is 2. The van der Waals surface area contributed by atoms with Gasteiger partial charge in [-0.3, -0.25) is 9.59 Å². The molecule has 6 N–H and O–H groups in total. The first kappa shape index (κ1) is 22.8. The third-order valence-electron chi connectivity index (χ3n) is 5.76. The summed E-state index contributed by atoms with van der Waals surface area (Å²) in [6, 6.07) is 21.3. The monoisotopic (exact) mass is 456 g/mol. The maximum Gasteiger partial charge on any atom is 0.337 e. The number of hydrogen-bond acceptors (Lipinski definition) is 6. The third-order valence-corrected chi connectivity index (χ3v) is 5.76. The Morgan fingerprint density at radius 2 is 1.65 bits per heavy atom. The van der Waals surface area contributed by atoms with Crippen LogP contribution in [0.15, 0.2) is 72.8 Å². The Labute approximate surface area is 196 Å². The van der Waals surface area contributed by atoms with Gasteiger partial charge in [-0.15, -0.1) is 0 Å². The number of methoxy groups -OCH3 is 1. The number of carbonyl (C=O) groups excluding carboxylic acids is 3. The fraction of sp³-hybridized carbons (Fsp3) is 0.115. The Kier molecular flexibility index (Phi) is 5.91. The lowest BCUT2D eigenvalue weighted by Gasteiger charge is -2.21. The maximum absolute atomic E-state index is 13.1. The van der Waals surface area contributed by atoms with Gasteiger partial charge in [-0.05, 0) is 42.3 Å². The summed E-state index contributed by atoms with van der Waals surface area (Å²) in [6.45, 7) is 1.55. The number of rotatable bonds is 6. The predicted octanol–water partition coefficient (Wildman–Crippen LogP) is 3.06. The molecule has 1 heterocycles. The standard InChI is InChI=1S/C26H24N4O4/c1-26(28,25(27)33)17-9-11-18(12-10-17)29-22(15-6-4-3-5-7-15)21-19-13-8-16(24(32)34-2)14-20(19)30-23(21)31/h3-14,29H,28H2,1-2H3,(H2,27,33)(H,30,31)/b22-21-. The molecule has 4 rings (SSSR count). The molecule has 3 aromatic rings. The van der Waals surface area contributed by atoms with Crippen molar-refractivity contribution >= 4 is 40.4 Å². The van der Waals surface area contributed by atoms with Gasteiger partial charge in [0.2, 0.25) is 5.91 Å². The number of carbonyl (C=O) groups is 3. The zero-order chi connectivity index (χ0) is 24.5. The van der Waals surface area contributed by atoms with Gasteiger partial charge in [0.15, 0.2) is 0 Å². The van der Waals surface area contributed by atoms with Crippen LogP contribution in [0.1, 0.15) is 34.0 Å². The van der Waals surface area contributed by atoms with Gasteiger partial charge in [-0.25, -0.2) is 4.79 Å². The molecule has 0 radical (unpaired) electrons. The summed E-state index contributed by atoms with van der Waals surface area (Å²) >= 11 is 0. The van der Waals surface area contributed by atoms with E-state index < -0.39 is 17.4 Å². The molecule has 2 amide bonds. The normalized spacial score (nSPS) is 15.6. The zero-order valence-electron chi connectivity index (χ0n) is 18.7. The minimum Gasteiger partial charge on any atom is -0.465 e. The number of anilines is 2. The molecule has 172 valence electrons. The summed E-state index contributed by atoms with van der Waals surface area (Å²) in [5.74, 6) is -1.42. The third kappa shape index (κ3) is 4.14. The van der Waals surface area contributed by atoms with E-state index in [0.717, 1.165) is 5.56 Å². The Hall–Kier alpha value is -4.43. The van der Waals surface area contributed by atoms with Gasteiger partial charge in [0.1, 0.15) is 5.54 Å². The summed E-state index contributed by atoms with van der Waals surface area (Å²) in [4.78, 5) is 36.7. The SMILES string of the molecule is COC(=O)c1ccc2c(c1)NC(=O)/C2=C(\Nc1ccc(C(C)(N)C(N)=O)cc1)c1ccccc1. The highest BCUT2D eigenvalue weighted by atomic mass is 16.5.